The molecule has 4 aromatic rings. The maximum atomic E-state index is 14.5. The summed E-state index contributed by atoms with van der Waals surface area (Å²) in [5, 5.41) is 10.9. The number of aromatic nitrogens is 1. The normalized spacial score (nSPS) is 13.4. The first-order chi connectivity index (χ1) is 15.3. The summed E-state index contributed by atoms with van der Waals surface area (Å²) in [5.41, 5.74) is 1.52. The van der Waals surface area contributed by atoms with Gasteiger partial charge in [0.05, 0.1) is 5.92 Å². The molecule has 2 N–H and O–H groups in total. The van der Waals surface area contributed by atoms with Gasteiger partial charge in [-0.25, -0.2) is 13.2 Å². The number of rotatable bonds is 7. The van der Waals surface area contributed by atoms with Crippen molar-refractivity contribution in [3.63, 3.8) is 0 Å². The molecule has 0 saturated carbocycles. The lowest BCUT2D eigenvalue weighted by atomic mass is 9.83. The van der Waals surface area contributed by atoms with E-state index in [1.165, 1.54) is 0 Å². The number of halogens is 3. The molecular formula is C26H22F3NO2. The first kappa shape index (κ1) is 21.7. The van der Waals surface area contributed by atoms with Crippen LogP contribution in [0.25, 0.3) is 22.0 Å². The Morgan fingerprint density at radius 3 is 2.34 bits per heavy atom. The zero-order valence-corrected chi connectivity index (χ0v) is 17.4. The third-order valence-electron chi connectivity index (χ3n) is 5.82. The molecule has 0 saturated heterocycles. The van der Waals surface area contributed by atoms with Gasteiger partial charge in [0.1, 0.15) is 5.82 Å². The Hall–Kier alpha value is -3.54. The van der Waals surface area contributed by atoms with Crippen LogP contribution >= 0.6 is 0 Å². The molecule has 0 aliphatic carbocycles. The number of para-hydroxylation sites is 1. The highest BCUT2D eigenvalue weighted by Gasteiger charge is 2.31. The number of hydrogen-bond donors (Lipinski definition) is 2. The minimum Gasteiger partial charge on any atom is -0.481 e. The van der Waals surface area contributed by atoms with Crippen LogP contribution in [0.15, 0.2) is 72.8 Å². The van der Waals surface area contributed by atoms with Crippen molar-refractivity contribution in [2.24, 2.45) is 0 Å². The first-order valence-electron chi connectivity index (χ1n) is 10.3. The Morgan fingerprint density at radius 1 is 1.00 bits per heavy atom. The number of hydrogen-bond acceptors (Lipinski definition) is 1. The fraction of sp³-hybridized carbons (Fsp3) is 0.192. The van der Waals surface area contributed by atoms with Crippen molar-refractivity contribution in [3.05, 3.63) is 95.4 Å². The molecule has 2 atom stereocenters. The van der Waals surface area contributed by atoms with E-state index in [2.05, 4.69) is 4.98 Å². The molecule has 32 heavy (non-hydrogen) atoms. The third-order valence-corrected chi connectivity index (χ3v) is 5.82. The zero-order valence-electron chi connectivity index (χ0n) is 17.4. The average molecular weight is 437 g/mol. The number of aromatic amines is 1. The van der Waals surface area contributed by atoms with Gasteiger partial charge in [-0.2, -0.15) is 0 Å². The summed E-state index contributed by atoms with van der Waals surface area (Å²) >= 11 is 0. The fourth-order valence-corrected chi connectivity index (χ4v) is 4.23. The number of carbonyl (C=O) groups is 1. The summed E-state index contributed by atoms with van der Waals surface area (Å²) in [4.78, 5) is 15.5. The molecule has 1 aromatic heterocycles. The van der Waals surface area contributed by atoms with Crippen LogP contribution in [0.5, 0.6) is 0 Å². The van der Waals surface area contributed by atoms with E-state index in [1.54, 1.807) is 30.3 Å². The standard InChI is InChI=1S/C26H22F3NO2/c1-15(23-12-17-9-5-6-10-22(17)30-23)11-21(26(31)32)20-14-18(27)13-19(24(20)25(28)29)16-7-3-2-4-8-16/h2-10,12-15,21,25,30H,11H2,1H3,(H,31,32). The van der Waals surface area contributed by atoms with Crippen molar-refractivity contribution in [2.45, 2.75) is 31.6 Å². The van der Waals surface area contributed by atoms with Gasteiger partial charge in [-0.15, -0.1) is 0 Å². The van der Waals surface area contributed by atoms with E-state index in [0.717, 1.165) is 28.7 Å². The number of aliphatic carboxylic acids is 1. The Kier molecular flexibility index (Phi) is 6.04. The smallest absolute Gasteiger partial charge is 0.311 e. The topological polar surface area (TPSA) is 53.1 Å². The molecule has 164 valence electrons. The highest BCUT2D eigenvalue weighted by atomic mass is 19.3. The van der Waals surface area contributed by atoms with E-state index < -0.39 is 29.7 Å². The number of carboxylic acid groups (broad SMARTS) is 1. The van der Waals surface area contributed by atoms with Crippen LogP contribution in [0.3, 0.4) is 0 Å². The van der Waals surface area contributed by atoms with Gasteiger partial charge in [-0.1, -0.05) is 55.5 Å². The van der Waals surface area contributed by atoms with Gasteiger partial charge in [0.15, 0.2) is 0 Å². The van der Waals surface area contributed by atoms with Gasteiger partial charge >= 0.3 is 5.97 Å². The third kappa shape index (κ3) is 4.26. The number of benzene rings is 3. The minimum absolute atomic E-state index is 0.0140. The molecule has 0 radical (unpaired) electrons. The molecule has 4 rings (SSSR count). The number of carboxylic acids is 1. The Morgan fingerprint density at radius 2 is 1.69 bits per heavy atom. The van der Waals surface area contributed by atoms with Crippen molar-refractivity contribution in [2.75, 3.05) is 0 Å². The molecular weight excluding hydrogens is 415 g/mol. The summed E-state index contributed by atoms with van der Waals surface area (Å²) in [7, 11) is 0. The molecule has 3 nitrogen and oxygen atoms in total. The SMILES string of the molecule is CC(CC(C(=O)O)c1cc(F)cc(-c2ccccc2)c1C(F)F)c1cc2ccccc2[nH]1. The largest absolute Gasteiger partial charge is 0.481 e. The Labute approximate surface area is 183 Å². The summed E-state index contributed by atoms with van der Waals surface area (Å²) in [6, 6.07) is 19.8. The molecule has 6 heteroatoms. The van der Waals surface area contributed by atoms with E-state index in [0.29, 0.717) is 5.56 Å². The molecule has 0 aliphatic heterocycles. The van der Waals surface area contributed by atoms with Crippen LogP contribution in [-0.2, 0) is 4.79 Å². The second kappa shape index (κ2) is 8.91. The lowest BCUT2D eigenvalue weighted by Crippen LogP contribution is -2.17. The number of H-pyrrole nitrogens is 1. The highest BCUT2D eigenvalue weighted by Crippen LogP contribution is 2.41. The van der Waals surface area contributed by atoms with Gasteiger partial charge in [-0.05, 0) is 58.7 Å². The van der Waals surface area contributed by atoms with Gasteiger partial charge < -0.3 is 10.1 Å². The predicted octanol–water partition coefficient (Wildman–Crippen LogP) is 7.27. The maximum Gasteiger partial charge on any atom is 0.311 e. The summed E-state index contributed by atoms with van der Waals surface area (Å²) < 4.78 is 43.0. The highest BCUT2D eigenvalue weighted by molar-refractivity contribution is 5.81. The molecule has 3 aromatic carbocycles. The lowest BCUT2D eigenvalue weighted by molar-refractivity contribution is -0.139. The average Bonchev–Trinajstić information content (AvgIpc) is 3.21. The second-order valence-corrected chi connectivity index (χ2v) is 7.96. The summed E-state index contributed by atoms with van der Waals surface area (Å²) in [5.74, 6) is -3.58. The number of alkyl halides is 2. The van der Waals surface area contributed by atoms with Crippen LogP contribution in [0.4, 0.5) is 13.2 Å². The first-order valence-corrected chi connectivity index (χ1v) is 10.3. The van der Waals surface area contributed by atoms with Crippen LogP contribution in [0.2, 0.25) is 0 Å². The molecule has 0 amide bonds. The maximum absolute atomic E-state index is 14.5. The second-order valence-electron chi connectivity index (χ2n) is 7.96. The Balaban J connectivity index is 1.77. The summed E-state index contributed by atoms with van der Waals surface area (Å²) in [6.07, 6.45) is -2.91. The minimum atomic E-state index is -2.95. The molecule has 0 aliphatic rings. The number of fused-ring (bicyclic) bond motifs is 1. The van der Waals surface area contributed by atoms with E-state index in [1.807, 2.05) is 37.3 Å². The van der Waals surface area contributed by atoms with E-state index in [-0.39, 0.29) is 23.5 Å². The Bertz CT molecular complexity index is 1220. The van der Waals surface area contributed by atoms with E-state index in [4.69, 9.17) is 0 Å². The summed E-state index contributed by atoms with van der Waals surface area (Å²) in [6.45, 7) is 1.83. The monoisotopic (exact) mass is 437 g/mol. The lowest BCUT2D eigenvalue weighted by Gasteiger charge is -2.22. The number of nitrogens with one attached hydrogen (secondary N) is 1. The van der Waals surface area contributed by atoms with Crippen molar-refractivity contribution in [3.8, 4) is 11.1 Å². The molecule has 1 heterocycles. The fourth-order valence-electron chi connectivity index (χ4n) is 4.23. The van der Waals surface area contributed by atoms with E-state index in [9.17, 15) is 23.1 Å². The molecule has 0 fully saturated rings. The predicted molar refractivity (Wildman–Crippen MR) is 119 cm³/mol. The van der Waals surface area contributed by atoms with Gasteiger partial charge in [-0.3, -0.25) is 4.79 Å². The van der Waals surface area contributed by atoms with Gasteiger partial charge in [0.25, 0.3) is 6.43 Å². The molecule has 0 bridgehead atoms. The van der Waals surface area contributed by atoms with Crippen molar-refractivity contribution < 1.29 is 23.1 Å². The van der Waals surface area contributed by atoms with Gasteiger partial charge in [0.2, 0.25) is 0 Å². The molecule has 0 spiro atoms. The quantitative estimate of drug-likeness (QED) is 0.319. The van der Waals surface area contributed by atoms with Crippen molar-refractivity contribution in [1.29, 1.82) is 0 Å². The van der Waals surface area contributed by atoms with Crippen LogP contribution in [-0.4, -0.2) is 16.1 Å². The van der Waals surface area contributed by atoms with E-state index >= 15 is 0 Å². The van der Waals surface area contributed by atoms with Crippen molar-refractivity contribution >= 4 is 16.9 Å². The molecule has 2 unspecified atom stereocenters. The van der Waals surface area contributed by atoms with Crippen LogP contribution < -0.4 is 0 Å². The van der Waals surface area contributed by atoms with Gasteiger partial charge in [0, 0.05) is 16.8 Å². The zero-order chi connectivity index (χ0) is 22.8. The van der Waals surface area contributed by atoms with Crippen molar-refractivity contribution in [1.82, 2.24) is 4.98 Å². The van der Waals surface area contributed by atoms with Crippen LogP contribution in [0, 0.1) is 5.82 Å². The van der Waals surface area contributed by atoms with Crippen LogP contribution in [0.1, 0.15) is 48.4 Å².